The van der Waals surface area contributed by atoms with Gasteiger partial charge >= 0.3 is 5.82 Å². The molecule has 5 heteroatoms. The third-order valence-electron chi connectivity index (χ3n) is 2.40. The van der Waals surface area contributed by atoms with Crippen molar-refractivity contribution in [1.29, 1.82) is 0 Å². The Kier molecular flexibility index (Phi) is 3.11. The lowest BCUT2D eigenvalue weighted by Crippen LogP contribution is -1.91. The maximum absolute atomic E-state index is 10.4. The lowest BCUT2D eigenvalue weighted by atomic mass is 10.1. The maximum atomic E-state index is 10.4. The predicted octanol–water partition coefficient (Wildman–Crippen LogP) is 2.15. The summed E-state index contributed by atoms with van der Waals surface area (Å²) >= 11 is 0. The fourth-order valence-electron chi connectivity index (χ4n) is 1.47. The molecule has 0 atom stereocenters. The molecule has 0 saturated heterocycles. The molecule has 86 valence electrons. The van der Waals surface area contributed by atoms with Crippen molar-refractivity contribution in [2.24, 2.45) is 0 Å². The summed E-state index contributed by atoms with van der Waals surface area (Å²) in [5, 5.41) is 19.4. The van der Waals surface area contributed by atoms with Crippen LogP contribution in [0.4, 0.5) is 5.82 Å². The Labute approximate surface area is 97.5 Å². The summed E-state index contributed by atoms with van der Waals surface area (Å²) in [6, 6.07) is 10.3. The topological polar surface area (TPSA) is 76.3 Å². The Morgan fingerprint density at radius 3 is 2.24 bits per heavy atom. The molecule has 1 heterocycles. The zero-order chi connectivity index (χ0) is 12.3. The van der Waals surface area contributed by atoms with Crippen LogP contribution in [0.1, 0.15) is 5.56 Å². The van der Waals surface area contributed by atoms with Crippen molar-refractivity contribution in [3.05, 3.63) is 58.3 Å². The van der Waals surface area contributed by atoms with Crippen molar-refractivity contribution in [2.75, 3.05) is 0 Å². The van der Waals surface area contributed by atoms with Crippen LogP contribution < -0.4 is 0 Å². The highest BCUT2D eigenvalue weighted by Gasteiger charge is 2.07. The van der Waals surface area contributed by atoms with Crippen LogP contribution in [-0.2, 0) is 6.61 Å². The molecule has 2 rings (SSSR count). The van der Waals surface area contributed by atoms with E-state index in [2.05, 4.69) is 4.98 Å². The number of benzene rings is 1. The van der Waals surface area contributed by atoms with Gasteiger partial charge in [-0.1, -0.05) is 24.3 Å². The summed E-state index contributed by atoms with van der Waals surface area (Å²) in [5.74, 6) is -0.166. The van der Waals surface area contributed by atoms with Gasteiger partial charge in [0, 0.05) is 11.6 Å². The summed E-state index contributed by atoms with van der Waals surface area (Å²) in [4.78, 5) is 13.7. The van der Waals surface area contributed by atoms with E-state index in [0.717, 1.165) is 16.7 Å². The van der Waals surface area contributed by atoms with Crippen molar-refractivity contribution < 1.29 is 10.0 Å². The minimum absolute atomic E-state index is 0.00120. The second-order valence-electron chi connectivity index (χ2n) is 3.52. The van der Waals surface area contributed by atoms with Crippen LogP contribution in [0.5, 0.6) is 0 Å². The zero-order valence-corrected chi connectivity index (χ0v) is 8.91. The normalized spacial score (nSPS) is 10.2. The van der Waals surface area contributed by atoms with Crippen LogP contribution in [0.2, 0.25) is 0 Å². The van der Waals surface area contributed by atoms with Crippen molar-refractivity contribution in [3.63, 3.8) is 0 Å². The van der Waals surface area contributed by atoms with Gasteiger partial charge in [-0.15, -0.1) is 0 Å². The average molecular weight is 230 g/mol. The predicted molar refractivity (Wildman–Crippen MR) is 62.3 cm³/mol. The van der Waals surface area contributed by atoms with Crippen molar-refractivity contribution >= 4 is 5.82 Å². The molecular weight excluding hydrogens is 220 g/mol. The van der Waals surface area contributed by atoms with Crippen LogP contribution in [0.3, 0.4) is 0 Å². The SMILES string of the molecule is O=[N+]([O-])c1ccc(-c2ccc(CO)cc2)cn1. The second-order valence-corrected chi connectivity index (χ2v) is 3.52. The Bertz CT molecular complexity index is 520. The molecule has 0 saturated carbocycles. The Hall–Kier alpha value is -2.27. The molecule has 0 radical (unpaired) electrons. The monoisotopic (exact) mass is 230 g/mol. The van der Waals surface area contributed by atoms with Gasteiger partial charge in [-0.3, -0.25) is 0 Å². The van der Waals surface area contributed by atoms with Crippen LogP contribution in [0, 0.1) is 10.1 Å². The molecule has 17 heavy (non-hydrogen) atoms. The van der Waals surface area contributed by atoms with Gasteiger partial charge in [-0.2, -0.15) is 0 Å². The molecule has 0 fully saturated rings. The van der Waals surface area contributed by atoms with Gasteiger partial charge in [-0.25, -0.2) is 0 Å². The van der Waals surface area contributed by atoms with E-state index in [1.807, 2.05) is 12.1 Å². The standard InChI is InChI=1S/C12H10N2O3/c15-8-9-1-3-10(4-2-9)11-5-6-12(13-7-11)14(16)17/h1-7,15H,8H2. The van der Waals surface area contributed by atoms with Gasteiger partial charge in [0.1, 0.15) is 6.20 Å². The van der Waals surface area contributed by atoms with Crippen LogP contribution in [0.25, 0.3) is 11.1 Å². The Morgan fingerprint density at radius 2 is 1.76 bits per heavy atom. The molecule has 0 aliphatic carbocycles. The number of nitrogens with zero attached hydrogens (tertiary/aromatic N) is 2. The van der Waals surface area contributed by atoms with Gasteiger partial charge in [0.25, 0.3) is 0 Å². The number of nitro groups is 1. The Balaban J connectivity index is 2.29. The summed E-state index contributed by atoms with van der Waals surface area (Å²) in [6.07, 6.45) is 1.46. The smallest absolute Gasteiger partial charge is 0.363 e. The molecule has 2 aromatic rings. The average Bonchev–Trinajstić information content (AvgIpc) is 2.39. The highest BCUT2D eigenvalue weighted by Crippen LogP contribution is 2.20. The molecule has 0 aliphatic heterocycles. The Morgan fingerprint density at radius 1 is 1.12 bits per heavy atom. The van der Waals surface area contributed by atoms with E-state index in [1.165, 1.54) is 12.3 Å². The van der Waals surface area contributed by atoms with Crippen molar-refractivity contribution in [2.45, 2.75) is 6.61 Å². The minimum atomic E-state index is -0.529. The van der Waals surface area contributed by atoms with Crippen LogP contribution in [0.15, 0.2) is 42.6 Å². The molecule has 0 spiro atoms. The molecular formula is C12H10N2O3. The fourth-order valence-corrected chi connectivity index (χ4v) is 1.47. The molecule has 1 N–H and O–H groups in total. The van der Waals surface area contributed by atoms with Crippen LogP contribution in [-0.4, -0.2) is 15.0 Å². The first-order valence-corrected chi connectivity index (χ1v) is 5.01. The number of pyridine rings is 1. The second kappa shape index (κ2) is 4.71. The van der Waals surface area contributed by atoms with Gasteiger partial charge in [0.15, 0.2) is 0 Å². The number of hydrogen-bond donors (Lipinski definition) is 1. The van der Waals surface area contributed by atoms with E-state index in [-0.39, 0.29) is 12.4 Å². The molecule has 5 nitrogen and oxygen atoms in total. The summed E-state index contributed by atoms with van der Waals surface area (Å²) in [7, 11) is 0. The van der Waals surface area contributed by atoms with Crippen molar-refractivity contribution in [1.82, 2.24) is 4.98 Å². The number of aromatic nitrogens is 1. The van der Waals surface area contributed by atoms with E-state index in [1.54, 1.807) is 18.2 Å². The van der Waals surface area contributed by atoms with Crippen LogP contribution >= 0.6 is 0 Å². The number of aliphatic hydroxyl groups is 1. The lowest BCUT2D eigenvalue weighted by molar-refractivity contribution is -0.389. The first-order valence-electron chi connectivity index (χ1n) is 5.01. The largest absolute Gasteiger partial charge is 0.392 e. The van der Waals surface area contributed by atoms with E-state index >= 15 is 0 Å². The van der Waals surface area contributed by atoms with Gasteiger partial charge < -0.3 is 15.2 Å². The lowest BCUT2D eigenvalue weighted by Gasteiger charge is -2.01. The third kappa shape index (κ3) is 2.46. The third-order valence-corrected chi connectivity index (χ3v) is 2.40. The van der Waals surface area contributed by atoms with E-state index in [4.69, 9.17) is 5.11 Å². The van der Waals surface area contributed by atoms with E-state index in [0.29, 0.717) is 0 Å². The quantitative estimate of drug-likeness (QED) is 0.647. The van der Waals surface area contributed by atoms with E-state index < -0.39 is 4.92 Å². The summed E-state index contributed by atoms with van der Waals surface area (Å²) < 4.78 is 0. The molecule has 0 unspecified atom stereocenters. The first kappa shape index (κ1) is 11.2. The maximum Gasteiger partial charge on any atom is 0.363 e. The highest BCUT2D eigenvalue weighted by atomic mass is 16.6. The van der Waals surface area contributed by atoms with Gasteiger partial charge in [0.05, 0.1) is 6.61 Å². The molecule has 1 aromatic heterocycles. The number of rotatable bonds is 3. The minimum Gasteiger partial charge on any atom is -0.392 e. The highest BCUT2D eigenvalue weighted by molar-refractivity contribution is 5.63. The van der Waals surface area contributed by atoms with Gasteiger partial charge in [0.2, 0.25) is 0 Å². The zero-order valence-electron chi connectivity index (χ0n) is 8.91. The number of aliphatic hydroxyl groups excluding tert-OH is 1. The van der Waals surface area contributed by atoms with E-state index in [9.17, 15) is 10.1 Å². The molecule has 0 amide bonds. The molecule has 0 bridgehead atoms. The number of hydrogen-bond acceptors (Lipinski definition) is 4. The van der Waals surface area contributed by atoms with Crippen molar-refractivity contribution in [3.8, 4) is 11.1 Å². The van der Waals surface area contributed by atoms with Gasteiger partial charge in [-0.05, 0) is 27.1 Å². The molecule has 0 aliphatic rings. The summed E-state index contributed by atoms with van der Waals surface area (Å²) in [6.45, 7) is -0.00120. The fraction of sp³-hybridized carbons (Fsp3) is 0.0833. The first-order chi connectivity index (χ1) is 8.20. The summed E-state index contributed by atoms with van der Waals surface area (Å²) in [5.41, 5.74) is 2.54. The molecule has 1 aromatic carbocycles.